The highest BCUT2D eigenvalue weighted by atomic mass is 16.5. The molecular weight excluding hydrogens is 180 g/mol. The van der Waals surface area contributed by atoms with Gasteiger partial charge in [-0.15, -0.1) is 0 Å². The molecule has 0 saturated carbocycles. The standard InChI is InChI=1S/C9H18N4O/c1-4-13-9(5-7(2)12-13)8(11-10)6-14-3/h5,8,11H,4,6,10H2,1-3H3. The summed E-state index contributed by atoms with van der Waals surface area (Å²) in [4.78, 5) is 0. The molecule has 0 spiro atoms. The Morgan fingerprint density at radius 3 is 2.93 bits per heavy atom. The number of rotatable bonds is 5. The molecule has 3 N–H and O–H groups in total. The van der Waals surface area contributed by atoms with Gasteiger partial charge in [0.15, 0.2) is 0 Å². The van der Waals surface area contributed by atoms with Crippen LogP contribution in [0.25, 0.3) is 0 Å². The van der Waals surface area contributed by atoms with Crippen molar-refractivity contribution in [2.24, 2.45) is 5.84 Å². The highest BCUT2D eigenvalue weighted by Gasteiger charge is 2.14. The Morgan fingerprint density at radius 2 is 2.43 bits per heavy atom. The van der Waals surface area contributed by atoms with Crippen LogP contribution in [-0.2, 0) is 11.3 Å². The van der Waals surface area contributed by atoms with Crippen LogP contribution >= 0.6 is 0 Å². The van der Waals surface area contributed by atoms with Crippen molar-refractivity contribution in [3.63, 3.8) is 0 Å². The SMILES string of the molecule is CCn1nc(C)cc1C(COC)NN. The second-order valence-electron chi connectivity index (χ2n) is 3.20. The third-order valence-corrected chi connectivity index (χ3v) is 2.12. The predicted molar refractivity (Wildman–Crippen MR) is 54.6 cm³/mol. The molecule has 14 heavy (non-hydrogen) atoms. The molecule has 0 bridgehead atoms. The Kier molecular flexibility index (Phi) is 4.06. The van der Waals surface area contributed by atoms with Gasteiger partial charge in [0.1, 0.15) is 0 Å². The molecule has 80 valence electrons. The first kappa shape index (κ1) is 11.2. The fourth-order valence-electron chi connectivity index (χ4n) is 1.48. The molecule has 1 heterocycles. The highest BCUT2D eigenvalue weighted by molar-refractivity contribution is 5.13. The highest BCUT2D eigenvalue weighted by Crippen LogP contribution is 2.13. The van der Waals surface area contributed by atoms with Gasteiger partial charge < -0.3 is 4.74 Å². The van der Waals surface area contributed by atoms with Crippen LogP contribution < -0.4 is 11.3 Å². The lowest BCUT2D eigenvalue weighted by molar-refractivity contribution is 0.163. The Balaban J connectivity index is 2.89. The predicted octanol–water partition coefficient (Wildman–Crippen LogP) is 0.362. The number of nitrogens with zero attached hydrogens (tertiary/aromatic N) is 2. The van der Waals surface area contributed by atoms with Gasteiger partial charge in [0.25, 0.3) is 0 Å². The number of nitrogens with two attached hydrogens (primary N) is 1. The summed E-state index contributed by atoms with van der Waals surface area (Å²) in [5.74, 6) is 5.45. The van der Waals surface area contributed by atoms with Gasteiger partial charge in [0.05, 0.1) is 24.0 Å². The third kappa shape index (κ3) is 2.31. The summed E-state index contributed by atoms with van der Waals surface area (Å²) >= 11 is 0. The van der Waals surface area contributed by atoms with Crippen LogP contribution in [0.5, 0.6) is 0 Å². The number of hydrogen-bond acceptors (Lipinski definition) is 4. The average molecular weight is 198 g/mol. The van der Waals surface area contributed by atoms with Crippen molar-refractivity contribution in [1.29, 1.82) is 0 Å². The van der Waals surface area contributed by atoms with Gasteiger partial charge in [-0.05, 0) is 19.9 Å². The van der Waals surface area contributed by atoms with Crippen molar-refractivity contribution in [1.82, 2.24) is 15.2 Å². The van der Waals surface area contributed by atoms with E-state index < -0.39 is 0 Å². The van der Waals surface area contributed by atoms with Crippen molar-refractivity contribution < 1.29 is 4.74 Å². The lowest BCUT2D eigenvalue weighted by Gasteiger charge is -2.15. The van der Waals surface area contributed by atoms with E-state index in [0.29, 0.717) is 6.61 Å². The van der Waals surface area contributed by atoms with Gasteiger partial charge >= 0.3 is 0 Å². The van der Waals surface area contributed by atoms with Crippen LogP contribution in [0.3, 0.4) is 0 Å². The summed E-state index contributed by atoms with van der Waals surface area (Å²) in [6.45, 7) is 5.40. The molecule has 0 radical (unpaired) electrons. The van der Waals surface area contributed by atoms with Crippen molar-refractivity contribution in [2.45, 2.75) is 26.4 Å². The first-order chi connectivity index (χ1) is 6.72. The maximum absolute atomic E-state index is 5.45. The van der Waals surface area contributed by atoms with Crippen LogP contribution in [0.4, 0.5) is 0 Å². The molecular formula is C9H18N4O. The fourth-order valence-corrected chi connectivity index (χ4v) is 1.48. The molecule has 0 aliphatic carbocycles. The molecule has 5 nitrogen and oxygen atoms in total. The molecule has 0 fully saturated rings. The number of methoxy groups -OCH3 is 1. The summed E-state index contributed by atoms with van der Waals surface area (Å²) < 4.78 is 7.00. The zero-order chi connectivity index (χ0) is 10.6. The van der Waals surface area contributed by atoms with Gasteiger partial charge in [-0.25, -0.2) is 5.43 Å². The van der Waals surface area contributed by atoms with E-state index in [2.05, 4.69) is 17.4 Å². The third-order valence-electron chi connectivity index (χ3n) is 2.12. The van der Waals surface area contributed by atoms with Crippen LogP contribution in [0.15, 0.2) is 6.07 Å². The molecule has 1 atom stereocenters. The van der Waals surface area contributed by atoms with Crippen molar-refractivity contribution in [3.05, 3.63) is 17.5 Å². The van der Waals surface area contributed by atoms with Crippen molar-refractivity contribution in [2.75, 3.05) is 13.7 Å². The maximum Gasteiger partial charge on any atom is 0.0862 e. The summed E-state index contributed by atoms with van der Waals surface area (Å²) in [5, 5.41) is 4.35. The van der Waals surface area contributed by atoms with Crippen LogP contribution in [0, 0.1) is 6.92 Å². The van der Waals surface area contributed by atoms with E-state index in [9.17, 15) is 0 Å². The smallest absolute Gasteiger partial charge is 0.0862 e. The first-order valence-electron chi connectivity index (χ1n) is 4.72. The van der Waals surface area contributed by atoms with E-state index in [1.165, 1.54) is 0 Å². The minimum Gasteiger partial charge on any atom is -0.383 e. The minimum absolute atomic E-state index is 0.00106. The number of hydrogen-bond donors (Lipinski definition) is 2. The summed E-state index contributed by atoms with van der Waals surface area (Å²) in [5.41, 5.74) is 4.78. The molecule has 0 saturated heterocycles. The van der Waals surface area contributed by atoms with E-state index in [4.69, 9.17) is 10.6 Å². The second-order valence-corrected chi connectivity index (χ2v) is 3.20. The van der Waals surface area contributed by atoms with Gasteiger partial charge in [0.2, 0.25) is 0 Å². The number of nitrogens with one attached hydrogen (secondary N) is 1. The minimum atomic E-state index is 0.00106. The first-order valence-corrected chi connectivity index (χ1v) is 4.72. The Morgan fingerprint density at radius 1 is 1.71 bits per heavy atom. The lowest BCUT2D eigenvalue weighted by atomic mass is 10.2. The number of ether oxygens (including phenoxy) is 1. The maximum atomic E-state index is 5.45. The number of aromatic nitrogens is 2. The zero-order valence-electron chi connectivity index (χ0n) is 8.95. The number of aryl methyl sites for hydroxylation is 2. The molecule has 0 amide bonds. The van der Waals surface area contributed by atoms with Gasteiger partial charge in [-0.1, -0.05) is 0 Å². The van der Waals surface area contributed by atoms with Crippen LogP contribution in [-0.4, -0.2) is 23.5 Å². The monoisotopic (exact) mass is 198 g/mol. The molecule has 1 unspecified atom stereocenters. The largest absolute Gasteiger partial charge is 0.383 e. The van der Waals surface area contributed by atoms with Crippen LogP contribution in [0.2, 0.25) is 0 Å². The molecule has 0 aliphatic heterocycles. The van der Waals surface area contributed by atoms with Crippen molar-refractivity contribution in [3.8, 4) is 0 Å². The lowest BCUT2D eigenvalue weighted by Crippen LogP contribution is -2.32. The fraction of sp³-hybridized carbons (Fsp3) is 0.667. The molecule has 1 aromatic rings. The summed E-state index contributed by atoms with van der Waals surface area (Å²) in [6, 6.07) is 2.02. The van der Waals surface area contributed by atoms with E-state index in [0.717, 1.165) is 17.9 Å². The van der Waals surface area contributed by atoms with Crippen LogP contribution in [0.1, 0.15) is 24.4 Å². The van der Waals surface area contributed by atoms with Gasteiger partial charge in [0, 0.05) is 13.7 Å². The molecule has 5 heteroatoms. The molecule has 1 aromatic heterocycles. The van der Waals surface area contributed by atoms with E-state index in [1.807, 2.05) is 17.7 Å². The molecule has 1 rings (SSSR count). The Bertz CT molecular complexity index is 284. The quantitative estimate of drug-likeness (QED) is 0.529. The van der Waals surface area contributed by atoms with E-state index in [1.54, 1.807) is 7.11 Å². The normalized spacial score (nSPS) is 13.1. The van der Waals surface area contributed by atoms with E-state index in [-0.39, 0.29) is 6.04 Å². The summed E-state index contributed by atoms with van der Waals surface area (Å²) in [7, 11) is 1.66. The average Bonchev–Trinajstić information content (AvgIpc) is 2.55. The molecule has 0 aromatic carbocycles. The molecule has 0 aliphatic rings. The number of hydrazine groups is 1. The van der Waals surface area contributed by atoms with Crippen molar-refractivity contribution >= 4 is 0 Å². The van der Waals surface area contributed by atoms with E-state index >= 15 is 0 Å². The second kappa shape index (κ2) is 5.09. The zero-order valence-corrected chi connectivity index (χ0v) is 8.95. The summed E-state index contributed by atoms with van der Waals surface area (Å²) in [6.07, 6.45) is 0. The van der Waals surface area contributed by atoms with Gasteiger partial charge in [-0.3, -0.25) is 10.5 Å². The topological polar surface area (TPSA) is 65.1 Å². The Labute approximate surface area is 84.2 Å². The van der Waals surface area contributed by atoms with Gasteiger partial charge in [-0.2, -0.15) is 5.10 Å². The Hall–Kier alpha value is -0.910.